The van der Waals surface area contributed by atoms with Gasteiger partial charge in [0.2, 0.25) is 0 Å². The van der Waals surface area contributed by atoms with Crippen LogP contribution in [0.5, 0.6) is 0 Å². The van der Waals surface area contributed by atoms with Gasteiger partial charge in [0.05, 0.1) is 1.37 Å². The van der Waals surface area contributed by atoms with Crippen molar-refractivity contribution in [2.45, 2.75) is 6.37 Å². The number of thiazole rings is 1. The summed E-state index contributed by atoms with van der Waals surface area (Å²) in [6, 6.07) is 0. The summed E-state index contributed by atoms with van der Waals surface area (Å²) in [4.78, 5) is 4.45. The quantitative estimate of drug-likeness (QED) is 0.729. The zero-order valence-corrected chi connectivity index (χ0v) is 7.08. The molecule has 2 rings (SSSR count). The van der Waals surface area contributed by atoms with Gasteiger partial charge in [0.1, 0.15) is 4.60 Å². The van der Waals surface area contributed by atoms with Gasteiger partial charge >= 0.3 is 0 Å². The van der Waals surface area contributed by atoms with Gasteiger partial charge in [-0.1, -0.05) is 0 Å². The molecule has 1 saturated heterocycles. The van der Waals surface area contributed by atoms with Gasteiger partial charge in [0.25, 0.3) is 0 Å². The van der Waals surface area contributed by atoms with Crippen molar-refractivity contribution >= 4 is 32.4 Å². The van der Waals surface area contributed by atoms with Crippen LogP contribution in [0.15, 0.2) is 9.96 Å². The summed E-state index contributed by atoms with van der Waals surface area (Å²) in [5.41, 5.74) is 0. The lowest BCUT2D eigenvalue weighted by Gasteiger charge is -2.30. The first-order valence-corrected chi connectivity index (χ1v) is 4.07. The van der Waals surface area contributed by atoms with Crippen molar-refractivity contribution in [3.63, 3.8) is 0 Å². The highest BCUT2D eigenvalue weighted by molar-refractivity contribution is 9.10. The minimum Gasteiger partial charge on any atom is -0.348 e. The summed E-state index contributed by atoms with van der Waals surface area (Å²) < 4.78 is 52.7. The lowest BCUT2D eigenvalue weighted by molar-refractivity contribution is 0.615. The third-order valence-electron chi connectivity index (χ3n) is 0.947. The molecule has 2 heterocycles. The van der Waals surface area contributed by atoms with Crippen molar-refractivity contribution in [1.82, 2.24) is 4.98 Å². The van der Waals surface area contributed by atoms with Crippen LogP contribution in [0.2, 0.25) is 0 Å². The van der Waals surface area contributed by atoms with E-state index in [4.69, 9.17) is 9.60 Å². The fourth-order valence-electron chi connectivity index (χ4n) is 0.520. The molecule has 0 amide bonds. The Hall–Kier alpha value is -0.0900. The zero-order chi connectivity index (χ0) is 13.2. The molecule has 1 aliphatic rings. The van der Waals surface area contributed by atoms with E-state index in [-0.39, 0.29) is 15.1 Å². The molecule has 1 aromatic heterocycles. The predicted octanol–water partition coefficient (Wildman–Crippen LogP) is 2.12. The Morgan fingerprint density at radius 1 is 1.90 bits per heavy atom. The van der Waals surface area contributed by atoms with E-state index < -0.39 is 19.4 Å². The molecular weight excluding hydrogens is 212 g/mol. The van der Waals surface area contributed by atoms with Crippen LogP contribution in [0.1, 0.15) is 16.0 Å². The topological polar surface area (TPSA) is 16.1 Å². The third-order valence-corrected chi connectivity index (χ3v) is 2.34. The van der Waals surface area contributed by atoms with Crippen LogP contribution in [0.25, 0.3) is 0 Å². The summed E-state index contributed by atoms with van der Waals surface area (Å²) in [7, 11) is 0. The van der Waals surface area contributed by atoms with Crippen LogP contribution in [-0.4, -0.2) is 18.0 Å². The van der Waals surface area contributed by atoms with Gasteiger partial charge < -0.3 is 4.90 Å². The molecule has 0 aliphatic carbocycles. The van der Waals surface area contributed by atoms with E-state index in [1.165, 1.54) is 0 Å². The number of hydrogen-bond acceptors (Lipinski definition) is 3. The van der Waals surface area contributed by atoms with Crippen molar-refractivity contribution in [3.05, 3.63) is 9.96 Å². The highest BCUT2D eigenvalue weighted by atomic mass is 79.9. The monoisotopic (exact) mass is 225 g/mol. The molecule has 0 unspecified atom stereocenters. The van der Waals surface area contributed by atoms with Gasteiger partial charge in [-0.25, -0.2) is 4.98 Å². The lowest BCUT2D eigenvalue weighted by Crippen LogP contribution is -2.36. The molecule has 4 heteroatoms. The fraction of sp³-hybridized carbons (Fsp3) is 0.500. The molecule has 0 radical (unpaired) electrons. The number of rotatable bonds is 1. The van der Waals surface area contributed by atoms with Gasteiger partial charge in [-0.05, 0) is 22.3 Å². The minimum atomic E-state index is -2.62. The highest BCUT2D eigenvalue weighted by Crippen LogP contribution is 2.26. The second-order valence-electron chi connectivity index (χ2n) is 1.57. The van der Waals surface area contributed by atoms with Crippen molar-refractivity contribution in [2.24, 2.45) is 0 Å². The van der Waals surface area contributed by atoms with E-state index in [1.54, 1.807) is 0 Å². The number of aromatic nitrogens is 1. The second-order valence-corrected chi connectivity index (χ2v) is 3.10. The fourth-order valence-corrected chi connectivity index (χ4v) is 1.59. The van der Waals surface area contributed by atoms with E-state index in [0.717, 1.165) is 11.3 Å². The maximum atomic E-state index is 7.57. The number of halogens is 1. The largest absolute Gasteiger partial charge is 0.348 e. The Bertz CT molecular complexity index is 435. The van der Waals surface area contributed by atoms with E-state index in [1.807, 2.05) is 0 Å². The Labute approximate surface area is 81.8 Å². The molecule has 0 bridgehead atoms. The lowest BCUT2D eigenvalue weighted by atomic mass is 10.2. The molecule has 1 aromatic rings. The van der Waals surface area contributed by atoms with E-state index in [9.17, 15) is 0 Å². The third kappa shape index (κ3) is 1.06. The summed E-state index contributed by atoms with van der Waals surface area (Å²) in [6.07, 6.45) is -2.62. The van der Waals surface area contributed by atoms with Gasteiger partial charge in [-0.15, -0.1) is 11.3 Å². The first kappa shape index (κ1) is 2.45. The summed E-state index contributed by atoms with van der Waals surface area (Å²) in [6.45, 7) is -4.97. The van der Waals surface area contributed by atoms with Crippen LogP contribution in [0.3, 0.4) is 0 Å². The summed E-state index contributed by atoms with van der Waals surface area (Å²) >= 11 is 3.78. The molecule has 0 saturated carbocycles. The van der Waals surface area contributed by atoms with Crippen LogP contribution >= 0.6 is 27.3 Å². The van der Waals surface area contributed by atoms with Crippen LogP contribution in [0.4, 0.5) is 5.13 Å². The van der Waals surface area contributed by atoms with Gasteiger partial charge in [-0.2, -0.15) is 0 Å². The minimum absolute atomic E-state index is 0.0408. The van der Waals surface area contributed by atoms with Crippen molar-refractivity contribution < 1.29 is 9.60 Å². The zero-order valence-electron chi connectivity index (χ0n) is 11.7. The number of anilines is 1. The molecule has 2 nitrogen and oxygen atoms in total. The Balaban J connectivity index is 2.47. The normalized spacial score (nSPS) is 42.5. The first-order valence-electron chi connectivity index (χ1n) is 5.97. The van der Waals surface area contributed by atoms with E-state index in [0.29, 0.717) is 4.90 Å². The molecule has 0 atom stereocenters. The average molecular weight is 226 g/mol. The molecule has 0 spiro atoms. The highest BCUT2D eigenvalue weighted by Gasteiger charge is 2.16. The molecule has 0 N–H and O–H groups in total. The molecule has 10 heavy (non-hydrogen) atoms. The SMILES string of the molecule is [2H]c1sc(N2C([2H])([2H])C([2H])([2H])C2([2H])[2H])nc1Br. The van der Waals surface area contributed by atoms with E-state index >= 15 is 0 Å². The van der Waals surface area contributed by atoms with Gasteiger partial charge in [0, 0.05) is 26.6 Å². The molecule has 1 aliphatic heterocycles. The molecular formula is C6H7BrN2S. The molecule has 1 fully saturated rings. The molecule has 0 aromatic carbocycles. The van der Waals surface area contributed by atoms with Gasteiger partial charge in [0.15, 0.2) is 5.13 Å². The number of hydrogen-bond donors (Lipinski definition) is 0. The maximum absolute atomic E-state index is 7.57. The second kappa shape index (κ2) is 2.51. The average Bonchev–Trinajstić information content (AvgIpc) is 2.44. The van der Waals surface area contributed by atoms with Gasteiger partial charge in [-0.3, -0.25) is 0 Å². The Morgan fingerprint density at radius 2 is 2.70 bits per heavy atom. The van der Waals surface area contributed by atoms with Crippen molar-refractivity contribution in [3.8, 4) is 0 Å². The van der Waals surface area contributed by atoms with Crippen LogP contribution in [-0.2, 0) is 0 Å². The standard InChI is InChI=1S/C6H7BrN2S/c7-5-4-10-6(8-5)9-2-1-3-9/h4H,1-3H2/i1D2,2D2,3D2,4D. The maximum Gasteiger partial charge on any atom is 0.186 e. The Kier molecular flexibility index (Phi) is 0.615. The Morgan fingerprint density at radius 3 is 3.30 bits per heavy atom. The van der Waals surface area contributed by atoms with Crippen LogP contribution in [0, 0.1) is 0 Å². The van der Waals surface area contributed by atoms with E-state index in [2.05, 4.69) is 20.9 Å². The first-order chi connectivity index (χ1) is 7.53. The smallest absolute Gasteiger partial charge is 0.186 e. The number of nitrogens with zero attached hydrogens (tertiary/aromatic N) is 2. The molecule has 54 valence electrons. The van der Waals surface area contributed by atoms with Crippen molar-refractivity contribution in [2.75, 3.05) is 17.9 Å². The predicted molar refractivity (Wildman–Crippen MR) is 46.6 cm³/mol. The summed E-state index contributed by atoms with van der Waals surface area (Å²) in [5, 5.41) is -0.00828. The summed E-state index contributed by atoms with van der Waals surface area (Å²) in [5.74, 6) is 0. The van der Waals surface area contributed by atoms with Crippen LogP contribution < -0.4 is 4.90 Å². The van der Waals surface area contributed by atoms with Crippen molar-refractivity contribution in [1.29, 1.82) is 0 Å².